The van der Waals surface area contributed by atoms with Gasteiger partial charge in [0.15, 0.2) is 0 Å². The van der Waals surface area contributed by atoms with Crippen molar-refractivity contribution in [2.24, 2.45) is 0 Å². The first-order valence-electron chi connectivity index (χ1n) is 22.2. The summed E-state index contributed by atoms with van der Waals surface area (Å²) in [6.45, 7) is 0. The third kappa shape index (κ3) is 4.68. The van der Waals surface area contributed by atoms with Gasteiger partial charge in [0, 0.05) is 16.7 Å². The molecular weight excluding hydrogens is 775 g/mol. The highest BCUT2D eigenvalue weighted by Gasteiger charge is 2.52. The Kier molecular flexibility index (Phi) is 7.87. The van der Waals surface area contributed by atoms with Crippen LogP contribution in [0.3, 0.4) is 0 Å². The van der Waals surface area contributed by atoms with Gasteiger partial charge in [0.2, 0.25) is 5.54 Å². The van der Waals surface area contributed by atoms with Gasteiger partial charge in [0.25, 0.3) is 0 Å². The second-order valence-corrected chi connectivity index (χ2v) is 17.4. The van der Waals surface area contributed by atoms with E-state index in [4.69, 9.17) is 9.97 Å². The maximum Gasteiger partial charge on any atom is 0.222 e. The average Bonchev–Trinajstić information content (AvgIpc) is 3.37. The molecule has 0 amide bonds. The van der Waals surface area contributed by atoms with Gasteiger partial charge in [0.05, 0.1) is 39.8 Å². The van der Waals surface area contributed by atoms with Crippen LogP contribution in [0.2, 0.25) is 0 Å². The Morgan fingerprint density at radius 2 is 0.625 bits per heavy atom. The molecule has 16 bridgehead atoms. The Labute approximate surface area is 373 Å². The molecule has 4 aliphatic rings. The fraction of sp³-hybridized carbons (Fsp3) is 0.0656. The van der Waals surface area contributed by atoms with Crippen molar-refractivity contribution in [3.8, 4) is 0 Å². The van der Waals surface area contributed by atoms with Gasteiger partial charge in [0.1, 0.15) is 11.6 Å². The second-order valence-electron chi connectivity index (χ2n) is 17.4. The van der Waals surface area contributed by atoms with Gasteiger partial charge in [-0.1, -0.05) is 200 Å². The van der Waals surface area contributed by atoms with Gasteiger partial charge in [-0.25, -0.2) is 0 Å². The van der Waals surface area contributed by atoms with Crippen molar-refractivity contribution in [3.05, 3.63) is 339 Å². The van der Waals surface area contributed by atoms with Gasteiger partial charge in [-0.2, -0.15) is 6.07 Å². The lowest BCUT2D eigenvalue weighted by Gasteiger charge is -2.45. The minimum Gasteiger partial charge on any atom is -0.294 e. The molecule has 0 N–H and O–H groups in total. The van der Waals surface area contributed by atoms with E-state index in [1.54, 1.807) is 0 Å². The van der Waals surface area contributed by atoms with Gasteiger partial charge in [-0.3, -0.25) is 14.5 Å². The summed E-state index contributed by atoms with van der Waals surface area (Å²) in [5.41, 5.74) is 12.0. The highest BCUT2D eigenvalue weighted by molar-refractivity contribution is 5.67. The Bertz CT molecular complexity index is 2730. The molecule has 3 nitrogen and oxygen atoms in total. The predicted molar refractivity (Wildman–Crippen MR) is 251 cm³/mol. The SMILES string of the molecule is [c-]1c2ccc[n+]1C1(c3ccccc3)c3cccc(c3)C3(c4ccccc4)c4cccc(c4)C2(c2ccccc2)c2cccc(n2)C(c2ccccc2)(c2cccc1c2)c1cccc3n1. The summed E-state index contributed by atoms with van der Waals surface area (Å²) in [6, 6.07) is 89.6. The molecule has 0 saturated carbocycles. The number of pyridine rings is 3. The largest absolute Gasteiger partial charge is 0.294 e. The van der Waals surface area contributed by atoms with Crippen molar-refractivity contribution < 1.29 is 4.57 Å². The van der Waals surface area contributed by atoms with E-state index in [9.17, 15) is 0 Å². The zero-order chi connectivity index (χ0) is 42.4. The minimum absolute atomic E-state index is 0.884. The molecule has 4 atom stereocenters. The van der Waals surface area contributed by atoms with E-state index in [1.807, 2.05) is 0 Å². The number of aromatic nitrogens is 3. The molecule has 0 spiro atoms. The van der Waals surface area contributed by atoms with Crippen LogP contribution in [0.5, 0.6) is 0 Å². The fourth-order valence-electron chi connectivity index (χ4n) is 11.9. The van der Waals surface area contributed by atoms with Crippen molar-refractivity contribution in [2.75, 3.05) is 0 Å². The van der Waals surface area contributed by atoms with Crippen LogP contribution >= 0.6 is 0 Å². The van der Waals surface area contributed by atoms with E-state index in [0.29, 0.717) is 0 Å². The first-order chi connectivity index (χ1) is 31.7. The van der Waals surface area contributed by atoms with E-state index >= 15 is 0 Å². The number of benzene rings is 7. The Balaban J connectivity index is 1.40. The number of nitrogens with zero attached hydrogens (tertiary/aromatic N) is 3. The van der Waals surface area contributed by atoms with Gasteiger partial charge in [-0.05, 0) is 75.3 Å². The minimum atomic E-state index is -0.975. The third-order valence-electron chi connectivity index (χ3n) is 14.5. The van der Waals surface area contributed by atoms with E-state index < -0.39 is 21.8 Å². The monoisotopic (exact) mass is 815 g/mol. The molecule has 64 heavy (non-hydrogen) atoms. The normalized spacial score (nSPS) is 22.0. The maximum absolute atomic E-state index is 6.07. The van der Waals surface area contributed by atoms with Crippen LogP contribution in [0.25, 0.3) is 0 Å². The Morgan fingerprint density at radius 3 is 1.14 bits per heavy atom. The molecule has 10 aromatic rings. The van der Waals surface area contributed by atoms with Crippen LogP contribution in [0.4, 0.5) is 0 Å². The lowest BCUT2D eigenvalue weighted by atomic mass is 9.61. The van der Waals surface area contributed by atoms with E-state index in [1.165, 1.54) is 0 Å². The molecule has 0 aliphatic carbocycles. The van der Waals surface area contributed by atoms with Crippen molar-refractivity contribution >= 4 is 0 Å². The quantitative estimate of drug-likeness (QED) is 0.131. The van der Waals surface area contributed by atoms with Gasteiger partial charge >= 0.3 is 0 Å². The van der Waals surface area contributed by atoms with Crippen LogP contribution in [-0.2, 0) is 21.8 Å². The van der Waals surface area contributed by atoms with Crippen LogP contribution in [-0.4, -0.2) is 9.97 Å². The maximum atomic E-state index is 6.07. The molecule has 0 saturated heterocycles. The summed E-state index contributed by atoms with van der Waals surface area (Å²) in [5, 5.41) is 0. The van der Waals surface area contributed by atoms with Gasteiger partial charge in [-0.15, -0.1) is 6.07 Å². The lowest BCUT2D eigenvalue weighted by molar-refractivity contribution is -0.738. The summed E-state index contributed by atoms with van der Waals surface area (Å²) in [6.07, 6.45) is 6.41. The summed E-state index contributed by atoms with van der Waals surface area (Å²) >= 11 is 0. The Morgan fingerprint density at radius 1 is 0.281 bits per heavy atom. The van der Waals surface area contributed by atoms with E-state index in [2.05, 4.69) is 260 Å². The fourth-order valence-corrected chi connectivity index (χ4v) is 11.9. The van der Waals surface area contributed by atoms with Crippen LogP contribution in [0, 0.1) is 6.20 Å². The number of hydrogen-bond donors (Lipinski definition) is 0. The summed E-state index contributed by atoms with van der Waals surface area (Å²) < 4.78 is 2.36. The molecule has 7 aromatic carbocycles. The second kappa shape index (κ2) is 13.7. The lowest BCUT2D eigenvalue weighted by Crippen LogP contribution is -2.59. The molecule has 14 rings (SSSR count). The molecular formula is C61H41N3. The van der Waals surface area contributed by atoms with E-state index in [-0.39, 0.29) is 0 Å². The van der Waals surface area contributed by atoms with Crippen molar-refractivity contribution in [1.82, 2.24) is 9.97 Å². The highest BCUT2D eigenvalue weighted by atomic mass is 15.0. The topological polar surface area (TPSA) is 29.7 Å². The first-order valence-corrected chi connectivity index (χ1v) is 22.2. The summed E-state index contributed by atoms with van der Waals surface area (Å²) in [5.74, 6) is 0. The summed E-state index contributed by atoms with van der Waals surface area (Å²) in [4.78, 5) is 12.1. The molecule has 4 aliphatic heterocycles. The highest BCUT2D eigenvalue weighted by Crippen LogP contribution is 2.54. The first kappa shape index (κ1) is 36.6. The van der Waals surface area contributed by atoms with Crippen LogP contribution in [0.1, 0.15) is 84.0 Å². The standard InChI is InChI=1S/C61H41N3/c1-5-19-43(20-6-1)58-47-27-13-28-48(39-47)59(44-21-7-2-8-22-44)53-33-18-38-64(42-53)61(46-25-11-4-12-26-46,51-31-14-29-49(58)40-51)52-32-15-30-50(41-52)60(45-23-9-3-10-24-45,56-36-16-34-54(58)62-56)57-37-17-35-55(59)63-57/h1-41H. The molecule has 0 radical (unpaired) electrons. The molecule has 7 heterocycles. The molecule has 300 valence electrons. The van der Waals surface area contributed by atoms with Gasteiger partial charge < -0.3 is 0 Å². The molecule has 4 unspecified atom stereocenters. The zero-order valence-corrected chi connectivity index (χ0v) is 35.0. The molecule has 3 aromatic heterocycles. The summed E-state index contributed by atoms with van der Waals surface area (Å²) in [7, 11) is 0. The van der Waals surface area contributed by atoms with Crippen molar-refractivity contribution in [3.63, 3.8) is 0 Å². The average molecular weight is 816 g/mol. The molecule has 0 fully saturated rings. The third-order valence-corrected chi connectivity index (χ3v) is 14.5. The Hall–Kier alpha value is -8.01. The smallest absolute Gasteiger partial charge is 0.222 e. The van der Waals surface area contributed by atoms with Crippen molar-refractivity contribution in [1.29, 1.82) is 0 Å². The predicted octanol–water partition coefficient (Wildman–Crippen LogP) is 11.5. The van der Waals surface area contributed by atoms with Crippen molar-refractivity contribution in [2.45, 2.75) is 21.8 Å². The van der Waals surface area contributed by atoms with E-state index in [0.717, 1.165) is 84.0 Å². The van der Waals surface area contributed by atoms with Crippen LogP contribution < -0.4 is 4.57 Å². The molecule has 3 heteroatoms. The number of rotatable bonds is 4. The number of hydrogen-bond acceptors (Lipinski definition) is 2. The zero-order valence-electron chi connectivity index (χ0n) is 35.0. The van der Waals surface area contributed by atoms with Crippen LogP contribution in [0.15, 0.2) is 249 Å².